The zero-order valence-electron chi connectivity index (χ0n) is 12.9. The van der Waals surface area contributed by atoms with Crippen LogP contribution in [0, 0.1) is 12.7 Å². The van der Waals surface area contributed by atoms with E-state index in [0.717, 1.165) is 0 Å². The summed E-state index contributed by atoms with van der Waals surface area (Å²) in [5.41, 5.74) is 2.03. The number of anilines is 2. The van der Waals surface area contributed by atoms with Crippen molar-refractivity contribution >= 4 is 23.3 Å². The summed E-state index contributed by atoms with van der Waals surface area (Å²) in [4.78, 5) is 23.7. The van der Waals surface area contributed by atoms with E-state index in [1.165, 1.54) is 19.2 Å². The molecule has 0 saturated heterocycles. The molecule has 0 radical (unpaired) electrons. The normalized spacial score (nSPS) is 10.0. The molecule has 2 N–H and O–H groups in total. The van der Waals surface area contributed by atoms with Crippen LogP contribution in [0.3, 0.4) is 0 Å². The Morgan fingerprint density at radius 1 is 1.13 bits per heavy atom. The van der Waals surface area contributed by atoms with Gasteiger partial charge in [-0.05, 0) is 42.8 Å². The Balaban J connectivity index is 2.01. The third kappa shape index (κ3) is 4.29. The van der Waals surface area contributed by atoms with E-state index in [2.05, 4.69) is 15.4 Å². The molecule has 0 unspecified atom stereocenters. The predicted octanol–water partition coefficient (Wildman–Crippen LogP) is 2.97. The van der Waals surface area contributed by atoms with Gasteiger partial charge in [-0.15, -0.1) is 0 Å². The molecule has 0 aliphatic heterocycles. The van der Waals surface area contributed by atoms with E-state index in [0.29, 0.717) is 16.9 Å². The number of amides is 1. The maximum atomic E-state index is 13.0. The van der Waals surface area contributed by atoms with Gasteiger partial charge in [-0.2, -0.15) is 0 Å². The summed E-state index contributed by atoms with van der Waals surface area (Å²) in [6, 6.07) is 10.8. The van der Waals surface area contributed by atoms with E-state index in [1.54, 1.807) is 37.3 Å². The highest BCUT2D eigenvalue weighted by Crippen LogP contribution is 2.17. The minimum absolute atomic E-state index is 0.0119. The highest BCUT2D eigenvalue weighted by atomic mass is 19.1. The van der Waals surface area contributed by atoms with Gasteiger partial charge in [-0.1, -0.05) is 12.1 Å². The van der Waals surface area contributed by atoms with Gasteiger partial charge in [0.05, 0.1) is 24.9 Å². The Bertz CT molecular complexity index is 732. The molecule has 1 amide bonds. The number of hydrogen-bond acceptors (Lipinski definition) is 4. The number of rotatable bonds is 5. The van der Waals surface area contributed by atoms with Crippen LogP contribution >= 0.6 is 0 Å². The molecule has 5 nitrogen and oxygen atoms in total. The first-order chi connectivity index (χ1) is 11.0. The maximum absolute atomic E-state index is 13.0. The van der Waals surface area contributed by atoms with Gasteiger partial charge in [0.25, 0.3) is 0 Å². The Kier molecular flexibility index (Phi) is 5.30. The topological polar surface area (TPSA) is 67.4 Å². The maximum Gasteiger partial charge on any atom is 0.339 e. The second-order valence-electron chi connectivity index (χ2n) is 4.90. The molecule has 0 aliphatic rings. The molecule has 0 spiro atoms. The zero-order chi connectivity index (χ0) is 16.8. The minimum Gasteiger partial charge on any atom is -0.465 e. The van der Waals surface area contributed by atoms with Gasteiger partial charge in [0.15, 0.2) is 0 Å². The summed E-state index contributed by atoms with van der Waals surface area (Å²) >= 11 is 0. The van der Waals surface area contributed by atoms with Crippen LogP contribution in [0.1, 0.15) is 15.9 Å². The van der Waals surface area contributed by atoms with Gasteiger partial charge < -0.3 is 15.4 Å². The molecule has 0 aliphatic carbocycles. The highest BCUT2D eigenvalue weighted by Gasteiger charge is 2.13. The molecular weight excluding hydrogens is 299 g/mol. The monoisotopic (exact) mass is 316 g/mol. The Morgan fingerprint density at radius 3 is 2.57 bits per heavy atom. The number of halogens is 1. The van der Waals surface area contributed by atoms with Crippen molar-refractivity contribution in [3.05, 3.63) is 59.4 Å². The second kappa shape index (κ2) is 7.40. The third-order valence-electron chi connectivity index (χ3n) is 3.23. The molecule has 120 valence electrons. The number of aryl methyl sites for hydroxylation is 1. The van der Waals surface area contributed by atoms with Crippen LogP contribution in [0.4, 0.5) is 15.8 Å². The fourth-order valence-electron chi connectivity index (χ4n) is 2.08. The lowest BCUT2D eigenvalue weighted by molar-refractivity contribution is -0.114. The minimum atomic E-state index is -0.525. The summed E-state index contributed by atoms with van der Waals surface area (Å²) in [5, 5.41) is 5.58. The highest BCUT2D eigenvalue weighted by molar-refractivity contribution is 6.02. The summed E-state index contributed by atoms with van der Waals surface area (Å²) in [7, 11) is 1.28. The van der Waals surface area contributed by atoms with Crippen molar-refractivity contribution in [2.24, 2.45) is 0 Å². The summed E-state index contributed by atoms with van der Waals surface area (Å²) in [6.07, 6.45) is 0. The lowest BCUT2D eigenvalue weighted by atomic mass is 10.1. The number of benzene rings is 2. The molecule has 0 atom stereocenters. The fraction of sp³-hybridized carbons (Fsp3) is 0.176. The first-order valence-electron chi connectivity index (χ1n) is 6.98. The fourth-order valence-corrected chi connectivity index (χ4v) is 2.08. The van der Waals surface area contributed by atoms with Crippen LogP contribution < -0.4 is 10.6 Å². The van der Waals surface area contributed by atoms with Crippen LogP contribution in [0.2, 0.25) is 0 Å². The van der Waals surface area contributed by atoms with Gasteiger partial charge in [0.2, 0.25) is 5.91 Å². The molecular formula is C17H17FN2O3. The SMILES string of the molecule is COC(=O)c1ccccc1NC(=O)CNc1ccc(F)cc1C. The molecule has 0 saturated carbocycles. The van der Waals surface area contributed by atoms with Gasteiger partial charge >= 0.3 is 5.97 Å². The van der Waals surface area contributed by atoms with E-state index in [1.807, 2.05) is 0 Å². The van der Waals surface area contributed by atoms with Crippen molar-refractivity contribution in [2.75, 3.05) is 24.3 Å². The van der Waals surface area contributed by atoms with Gasteiger partial charge in [-0.25, -0.2) is 9.18 Å². The number of para-hydroxylation sites is 1. The van der Waals surface area contributed by atoms with Crippen LogP contribution in [-0.4, -0.2) is 25.5 Å². The number of carbonyl (C=O) groups excluding carboxylic acids is 2. The van der Waals surface area contributed by atoms with Crippen molar-refractivity contribution in [3.63, 3.8) is 0 Å². The number of hydrogen-bond donors (Lipinski definition) is 2. The van der Waals surface area contributed by atoms with Crippen molar-refractivity contribution < 1.29 is 18.7 Å². The lowest BCUT2D eigenvalue weighted by Gasteiger charge is -2.12. The summed E-state index contributed by atoms with van der Waals surface area (Å²) < 4.78 is 17.7. The molecule has 0 heterocycles. The smallest absolute Gasteiger partial charge is 0.339 e. The van der Waals surface area contributed by atoms with E-state index in [4.69, 9.17) is 0 Å². The number of ether oxygens (including phenoxy) is 1. The van der Waals surface area contributed by atoms with Crippen molar-refractivity contribution in [1.82, 2.24) is 0 Å². The summed E-state index contributed by atoms with van der Waals surface area (Å²) in [6.45, 7) is 1.73. The first kappa shape index (κ1) is 16.5. The molecule has 23 heavy (non-hydrogen) atoms. The molecule has 2 aromatic rings. The lowest BCUT2D eigenvalue weighted by Crippen LogP contribution is -2.23. The van der Waals surface area contributed by atoms with Gasteiger partial charge in [0, 0.05) is 5.69 Å². The average Bonchev–Trinajstić information content (AvgIpc) is 2.54. The molecule has 0 fully saturated rings. The van der Waals surface area contributed by atoms with E-state index in [9.17, 15) is 14.0 Å². The average molecular weight is 316 g/mol. The predicted molar refractivity (Wildman–Crippen MR) is 86.0 cm³/mol. The Morgan fingerprint density at radius 2 is 1.87 bits per heavy atom. The standard InChI is InChI=1S/C17H17FN2O3/c1-11-9-12(18)7-8-14(11)19-10-16(21)20-15-6-4-3-5-13(15)17(22)23-2/h3-9,19H,10H2,1-2H3,(H,20,21). The third-order valence-corrected chi connectivity index (χ3v) is 3.23. The number of carbonyl (C=O) groups is 2. The van der Waals surface area contributed by atoms with Crippen LogP contribution in [0.5, 0.6) is 0 Å². The first-order valence-corrected chi connectivity index (χ1v) is 6.98. The molecule has 0 bridgehead atoms. The Labute approximate surface area is 133 Å². The summed E-state index contributed by atoms with van der Waals surface area (Å²) in [5.74, 6) is -1.18. The van der Waals surface area contributed by atoms with E-state index in [-0.39, 0.29) is 23.8 Å². The second-order valence-corrected chi connectivity index (χ2v) is 4.90. The van der Waals surface area contributed by atoms with Crippen LogP contribution in [-0.2, 0) is 9.53 Å². The molecule has 2 rings (SSSR count). The van der Waals surface area contributed by atoms with Crippen molar-refractivity contribution in [1.29, 1.82) is 0 Å². The quantitative estimate of drug-likeness (QED) is 0.832. The largest absolute Gasteiger partial charge is 0.465 e. The molecule has 6 heteroatoms. The van der Waals surface area contributed by atoms with Crippen LogP contribution in [0.15, 0.2) is 42.5 Å². The van der Waals surface area contributed by atoms with Crippen molar-refractivity contribution in [3.8, 4) is 0 Å². The number of methoxy groups -OCH3 is 1. The zero-order valence-corrected chi connectivity index (χ0v) is 12.9. The Hall–Kier alpha value is -2.89. The van der Waals surface area contributed by atoms with E-state index >= 15 is 0 Å². The number of nitrogens with one attached hydrogen (secondary N) is 2. The molecule has 0 aromatic heterocycles. The van der Waals surface area contributed by atoms with Gasteiger partial charge in [-0.3, -0.25) is 4.79 Å². The van der Waals surface area contributed by atoms with Crippen LogP contribution in [0.25, 0.3) is 0 Å². The molecule has 2 aromatic carbocycles. The van der Waals surface area contributed by atoms with Crippen molar-refractivity contribution in [2.45, 2.75) is 6.92 Å². The number of esters is 1. The van der Waals surface area contributed by atoms with E-state index < -0.39 is 5.97 Å². The van der Waals surface area contributed by atoms with Gasteiger partial charge in [0.1, 0.15) is 5.82 Å².